The lowest BCUT2D eigenvalue weighted by molar-refractivity contribution is -0.384. The Kier molecular flexibility index (Phi) is 4.50. The summed E-state index contributed by atoms with van der Waals surface area (Å²) in [5.41, 5.74) is 1.39. The number of nitrogens with zero attached hydrogens (tertiary/aromatic N) is 5. The fourth-order valence-corrected chi connectivity index (χ4v) is 3.43. The van der Waals surface area contributed by atoms with Gasteiger partial charge in [0.25, 0.3) is 11.6 Å². The summed E-state index contributed by atoms with van der Waals surface area (Å²) in [6.07, 6.45) is 1.53. The Morgan fingerprint density at radius 3 is 2.57 bits per heavy atom. The smallest absolute Gasteiger partial charge is 0.266 e. The van der Waals surface area contributed by atoms with Crippen LogP contribution in [0.2, 0.25) is 0 Å². The molecule has 0 radical (unpaired) electrons. The van der Waals surface area contributed by atoms with Crippen LogP contribution in [-0.4, -0.2) is 26.9 Å². The second-order valence-electron chi connectivity index (χ2n) is 5.93. The molecule has 1 aliphatic rings. The molecule has 0 atom stereocenters. The topological polar surface area (TPSA) is 102 Å². The lowest BCUT2D eigenvalue weighted by Crippen LogP contribution is -2.32. The third-order valence-corrected chi connectivity index (χ3v) is 4.81. The molecule has 138 valence electrons. The van der Waals surface area contributed by atoms with Crippen LogP contribution in [0.4, 0.5) is 10.8 Å². The minimum absolute atomic E-state index is 0.0522. The SMILES string of the molecule is Cc1nnc(N2C(=O)/C(=C/c3cccc([N+](=O)[O-])c3)N=C2c2ccccc2)s1. The first-order valence-corrected chi connectivity index (χ1v) is 9.09. The molecule has 1 aliphatic heterocycles. The number of carbonyl (C=O) groups is 1. The highest BCUT2D eigenvalue weighted by molar-refractivity contribution is 7.15. The van der Waals surface area contributed by atoms with E-state index in [0.29, 0.717) is 16.5 Å². The van der Waals surface area contributed by atoms with Crippen molar-refractivity contribution in [2.24, 2.45) is 4.99 Å². The zero-order valence-electron chi connectivity index (χ0n) is 14.6. The van der Waals surface area contributed by atoms with Gasteiger partial charge >= 0.3 is 0 Å². The maximum absolute atomic E-state index is 13.1. The van der Waals surface area contributed by atoms with Crippen molar-refractivity contribution >= 4 is 40.0 Å². The van der Waals surface area contributed by atoms with Crippen LogP contribution in [0.3, 0.4) is 0 Å². The number of nitro benzene ring substituents is 1. The highest BCUT2D eigenvalue weighted by atomic mass is 32.1. The van der Waals surface area contributed by atoms with Gasteiger partial charge < -0.3 is 0 Å². The third-order valence-electron chi connectivity index (χ3n) is 3.98. The van der Waals surface area contributed by atoms with E-state index in [1.54, 1.807) is 19.1 Å². The minimum atomic E-state index is -0.479. The summed E-state index contributed by atoms with van der Waals surface area (Å²) in [5.74, 6) is 0.0833. The fourth-order valence-electron chi connectivity index (χ4n) is 2.74. The highest BCUT2D eigenvalue weighted by Crippen LogP contribution is 2.30. The molecule has 1 aromatic heterocycles. The largest absolute Gasteiger partial charge is 0.284 e. The number of carbonyl (C=O) groups excluding carboxylic acids is 1. The van der Waals surface area contributed by atoms with Crippen molar-refractivity contribution in [3.05, 3.63) is 86.5 Å². The van der Waals surface area contributed by atoms with Crippen molar-refractivity contribution in [2.45, 2.75) is 6.92 Å². The molecule has 0 fully saturated rings. The number of amidine groups is 1. The quantitative estimate of drug-likeness (QED) is 0.384. The van der Waals surface area contributed by atoms with Crippen molar-refractivity contribution in [3.8, 4) is 0 Å². The predicted octanol–water partition coefficient (Wildman–Crippen LogP) is 3.59. The molecule has 0 saturated heterocycles. The lowest BCUT2D eigenvalue weighted by Gasteiger charge is -2.14. The Labute approximate surface area is 163 Å². The summed E-state index contributed by atoms with van der Waals surface area (Å²) < 4.78 is 0. The van der Waals surface area contributed by atoms with Gasteiger partial charge in [-0.05, 0) is 18.6 Å². The van der Waals surface area contributed by atoms with Gasteiger partial charge in [0.1, 0.15) is 16.5 Å². The molecule has 0 aliphatic carbocycles. The summed E-state index contributed by atoms with van der Waals surface area (Å²) >= 11 is 1.29. The molecular weight excluding hydrogens is 378 g/mol. The number of aryl methyl sites for hydroxylation is 1. The molecule has 3 aromatic rings. The standard InChI is InChI=1S/C19H13N5O3S/c1-12-21-22-19(28-12)23-17(14-7-3-2-4-8-14)20-16(18(23)25)11-13-6-5-9-15(10-13)24(26)27/h2-11H,1H3/b16-11-. The second-order valence-corrected chi connectivity index (χ2v) is 7.09. The molecule has 9 heteroatoms. The van der Waals surface area contributed by atoms with Gasteiger partial charge in [-0.15, -0.1) is 10.2 Å². The first kappa shape index (κ1) is 17.7. The number of aliphatic imine (C=N–C) groups is 1. The predicted molar refractivity (Wildman–Crippen MR) is 106 cm³/mol. The van der Waals surface area contributed by atoms with Crippen molar-refractivity contribution in [3.63, 3.8) is 0 Å². The van der Waals surface area contributed by atoms with Gasteiger partial charge in [0, 0.05) is 17.7 Å². The summed E-state index contributed by atoms with van der Waals surface area (Å²) in [6, 6.07) is 15.3. The van der Waals surface area contributed by atoms with Gasteiger partial charge in [0.2, 0.25) is 5.13 Å². The third kappa shape index (κ3) is 3.30. The number of hydrogen-bond donors (Lipinski definition) is 0. The maximum Gasteiger partial charge on any atom is 0.284 e. The van der Waals surface area contributed by atoms with E-state index >= 15 is 0 Å². The summed E-state index contributed by atoms with van der Waals surface area (Å²) in [5, 5.41) is 20.2. The van der Waals surface area contributed by atoms with Crippen LogP contribution >= 0.6 is 11.3 Å². The van der Waals surface area contributed by atoms with Crippen LogP contribution < -0.4 is 4.90 Å². The number of anilines is 1. The van der Waals surface area contributed by atoms with Crippen LogP contribution in [0.15, 0.2) is 65.3 Å². The van der Waals surface area contributed by atoms with E-state index < -0.39 is 4.92 Å². The van der Waals surface area contributed by atoms with E-state index in [9.17, 15) is 14.9 Å². The molecule has 0 unspecified atom stereocenters. The Morgan fingerprint density at radius 2 is 1.89 bits per heavy atom. The fraction of sp³-hybridized carbons (Fsp3) is 0.0526. The maximum atomic E-state index is 13.1. The molecule has 2 heterocycles. The molecule has 0 bridgehead atoms. The zero-order valence-corrected chi connectivity index (χ0v) is 15.5. The van der Waals surface area contributed by atoms with Crippen molar-refractivity contribution in [1.82, 2.24) is 10.2 Å². The van der Waals surface area contributed by atoms with Gasteiger partial charge in [0.15, 0.2) is 0 Å². The zero-order chi connectivity index (χ0) is 19.7. The molecule has 4 rings (SSSR count). The van der Waals surface area contributed by atoms with Gasteiger partial charge in [-0.3, -0.25) is 14.9 Å². The Balaban J connectivity index is 1.80. The molecule has 0 saturated carbocycles. The lowest BCUT2D eigenvalue weighted by atomic mass is 10.1. The number of non-ortho nitro benzene ring substituents is 1. The molecule has 2 aromatic carbocycles. The van der Waals surface area contributed by atoms with Crippen molar-refractivity contribution in [1.29, 1.82) is 0 Å². The number of benzene rings is 2. The normalized spacial score (nSPS) is 15.2. The first-order valence-electron chi connectivity index (χ1n) is 8.28. The van der Waals surface area contributed by atoms with Crippen molar-refractivity contribution in [2.75, 3.05) is 4.90 Å². The van der Waals surface area contributed by atoms with Crippen LogP contribution in [0.25, 0.3) is 6.08 Å². The average Bonchev–Trinajstić information content (AvgIpc) is 3.26. The van der Waals surface area contributed by atoms with Crippen LogP contribution in [0.5, 0.6) is 0 Å². The van der Waals surface area contributed by atoms with Gasteiger partial charge in [-0.1, -0.05) is 53.8 Å². The Morgan fingerprint density at radius 1 is 1.11 bits per heavy atom. The molecule has 8 nitrogen and oxygen atoms in total. The van der Waals surface area contributed by atoms with E-state index in [4.69, 9.17) is 0 Å². The van der Waals surface area contributed by atoms with Crippen LogP contribution in [0, 0.1) is 17.0 Å². The molecule has 0 spiro atoms. The molecule has 0 N–H and O–H groups in total. The van der Waals surface area contributed by atoms with E-state index in [1.807, 2.05) is 30.3 Å². The number of hydrogen-bond acceptors (Lipinski definition) is 7. The highest BCUT2D eigenvalue weighted by Gasteiger charge is 2.34. The summed E-state index contributed by atoms with van der Waals surface area (Å²) in [4.78, 5) is 29.5. The summed E-state index contributed by atoms with van der Waals surface area (Å²) in [7, 11) is 0. The number of rotatable bonds is 4. The molecular formula is C19H13N5O3S. The number of amides is 1. The van der Waals surface area contributed by atoms with E-state index in [1.165, 1.54) is 34.4 Å². The summed E-state index contributed by atoms with van der Waals surface area (Å²) in [6.45, 7) is 1.81. The Hall–Kier alpha value is -3.72. The Bertz CT molecular complexity index is 1140. The van der Waals surface area contributed by atoms with Gasteiger partial charge in [-0.25, -0.2) is 9.89 Å². The van der Waals surface area contributed by atoms with Crippen LogP contribution in [-0.2, 0) is 4.79 Å². The van der Waals surface area contributed by atoms with Crippen molar-refractivity contribution < 1.29 is 9.72 Å². The second kappa shape index (κ2) is 7.12. The number of aromatic nitrogens is 2. The monoisotopic (exact) mass is 391 g/mol. The van der Waals surface area contributed by atoms with Gasteiger partial charge in [0.05, 0.1) is 4.92 Å². The molecule has 28 heavy (non-hydrogen) atoms. The first-order chi connectivity index (χ1) is 13.5. The van der Waals surface area contributed by atoms with E-state index in [-0.39, 0.29) is 17.3 Å². The van der Waals surface area contributed by atoms with E-state index in [2.05, 4.69) is 15.2 Å². The van der Waals surface area contributed by atoms with Gasteiger partial charge in [-0.2, -0.15) is 0 Å². The number of nitro groups is 1. The minimum Gasteiger partial charge on any atom is -0.266 e. The average molecular weight is 391 g/mol. The van der Waals surface area contributed by atoms with Crippen LogP contribution in [0.1, 0.15) is 16.1 Å². The molecule has 1 amide bonds. The van der Waals surface area contributed by atoms with E-state index in [0.717, 1.165) is 10.6 Å².